The lowest BCUT2D eigenvalue weighted by molar-refractivity contribution is -0.139. The molecule has 1 saturated carbocycles. The van der Waals surface area contributed by atoms with Gasteiger partial charge in [0.1, 0.15) is 4.70 Å². The molecule has 0 radical (unpaired) electrons. The van der Waals surface area contributed by atoms with Crippen LogP contribution in [0.15, 0.2) is 21.4 Å². The molecule has 0 saturated heterocycles. The molecule has 0 atom stereocenters. The van der Waals surface area contributed by atoms with Gasteiger partial charge >= 0.3 is 5.97 Å². The number of esters is 1. The second-order valence-electron chi connectivity index (χ2n) is 5.59. The highest BCUT2D eigenvalue weighted by Gasteiger charge is 2.22. The van der Waals surface area contributed by atoms with E-state index in [9.17, 15) is 9.59 Å². The summed E-state index contributed by atoms with van der Waals surface area (Å²) in [4.78, 5) is 29.2. The number of carbonyl (C=O) groups excluding carboxylic acids is 1. The van der Waals surface area contributed by atoms with Gasteiger partial charge in [-0.25, -0.2) is 4.98 Å². The molecular formula is C16H20N2O3S2. The van der Waals surface area contributed by atoms with E-state index in [-0.39, 0.29) is 23.3 Å². The Hall–Kier alpha value is -1.34. The van der Waals surface area contributed by atoms with E-state index < -0.39 is 0 Å². The quantitative estimate of drug-likeness (QED) is 0.467. The van der Waals surface area contributed by atoms with Crippen LogP contribution in [-0.4, -0.2) is 27.9 Å². The smallest absolute Gasteiger partial charge is 0.316 e. The van der Waals surface area contributed by atoms with Gasteiger partial charge in [0.2, 0.25) is 0 Å². The normalized spacial score (nSPS) is 15.9. The van der Waals surface area contributed by atoms with Crippen LogP contribution < -0.4 is 5.56 Å². The minimum absolute atomic E-state index is 0.0308. The fourth-order valence-corrected chi connectivity index (χ4v) is 4.62. The van der Waals surface area contributed by atoms with E-state index in [2.05, 4.69) is 4.98 Å². The molecule has 1 aliphatic rings. The molecule has 0 aliphatic heterocycles. The minimum Gasteiger partial charge on any atom is -0.465 e. The van der Waals surface area contributed by atoms with Crippen molar-refractivity contribution in [2.24, 2.45) is 0 Å². The molecule has 0 unspecified atom stereocenters. The van der Waals surface area contributed by atoms with Crippen molar-refractivity contribution in [3.8, 4) is 0 Å². The molecular weight excluding hydrogens is 332 g/mol. The number of fused-ring (bicyclic) bond motifs is 1. The Bertz CT molecular complexity index is 747. The monoisotopic (exact) mass is 352 g/mol. The zero-order valence-electron chi connectivity index (χ0n) is 13.1. The highest BCUT2D eigenvalue weighted by Crippen LogP contribution is 2.31. The fraction of sp³-hybridized carbons (Fsp3) is 0.562. The summed E-state index contributed by atoms with van der Waals surface area (Å²) in [5.41, 5.74) is 0.752. The van der Waals surface area contributed by atoms with Gasteiger partial charge in [-0.1, -0.05) is 31.0 Å². The van der Waals surface area contributed by atoms with Crippen LogP contribution in [0.3, 0.4) is 0 Å². The number of thioether (sulfide) groups is 1. The topological polar surface area (TPSA) is 61.2 Å². The predicted molar refractivity (Wildman–Crippen MR) is 93.4 cm³/mol. The van der Waals surface area contributed by atoms with Crippen LogP contribution in [0, 0.1) is 0 Å². The fourth-order valence-electron chi connectivity index (χ4n) is 2.99. The first-order valence-corrected chi connectivity index (χ1v) is 9.85. The zero-order chi connectivity index (χ0) is 16.2. The van der Waals surface area contributed by atoms with Gasteiger partial charge in [0.05, 0.1) is 17.9 Å². The molecule has 5 nitrogen and oxygen atoms in total. The van der Waals surface area contributed by atoms with Crippen molar-refractivity contribution in [2.45, 2.75) is 50.2 Å². The molecule has 0 bridgehead atoms. The molecule has 7 heteroatoms. The summed E-state index contributed by atoms with van der Waals surface area (Å²) in [6.07, 6.45) is 5.52. The second kappa shape index (κ2) is 7.49. The summed E-state index contributed by atoms with van der Waals surface area (Å²) in [6.45, 7) is 2.15. The van der Waals surface area contributed by atoms with Gasteiger partial charge in [-0.3, -0.25) is 14.2 Å². The van der Waals surface area contributed by atoms with Gasteiger partial charge in [0, 0.05) is 6.04 Å². The first kappa shape index (κ1) is 16.5. The summed E-state index contributed by atoms with van der Waals surface area (Å²) in [5.74, 6) is -0.0878. The zero-order valence-corrected chi connectivity index (χ0v) is 14.8. The molecule has 23 heavy (non-hydrogen) atoms. The lowest BCUT2D eigenvalue weighted by atomic mass is 9.95. The summed E-state index contributed by atoms with van der Waals surface area (Å²) in [6, 6.07) is 2.06. The maximum Gasteiger partial charge on any atom is 0.316 e. The van der Waals surface area contributed by atoms with Crippen molar-refractivity contribution in [1.29, 1.82) is 0 Å². The highest BCUT2D eigenvalue weighted by atomic mass is 32.2. The summed E-state index contributed by atoms with van der Waals surface area (Å²) < 4.78 is 7.50. The Morgan fingerprint density at radius 3 is 2.96 bits per heavy atom. The Kier molecular flexibility index (Phi) is 5.38. The van der Waals surface area contributed by atoms with E-state index in [0.29, 0.717) is 16.5 Å². The number of hydrogen-bond donors (Lipinski definition) is 0. The van der Waals surface area contributed by atoms with Crippen LogP contribution in [0.5, 0.6) is 0 Å². The summed E-state index contributed by atoms with van der Waals surface area (Å²) in [5, 5.41) is 2.53. The van der Waals surface area contributed by atoms with Gasteiger partial charge in [0.15, 0.2) is 5.16 Å². The number of thiophene rings is 1. The van der Waals surface area contributed by atoms with Crippen molar-refractivity contribution >= 4 is 39.3 Å². The van der Waals surface area contributed by atoms with Gasteiger partial charge in [-0.05, 0) is 31.2 Å². The van der Waals surface area contributed by atoms with Gasteiger partial charge in [-0.15, -0.1) is 11.3 Å². The number of hydrogen-bond acceptors (Lipinski definition) is 6. The largest absolute Gasteiger partial charge is 0.465 e. The molecule has 1 aliphatic carbocycles. The third-order valence-electron chi connectivity index (χ3n) is 4.04. The molecule has 124 valence electrons. The summed E-state index contributed by atoms with van der Waals surface area (Å²) in [7, 11) is 0. The van der Waals surface area contributed by atoms with Crippen LogP contribution in [0.1, 0.15) is 45.1 Å². The van der Waals surface area contributed by atoms with Crippen molar-refractivity contribution in [1.82, 2.24) is 9.55 Å². The SMILES string of the molecule is CCOC(=O)CSc1nc2ccsc2c(=O)n1C1CCCCC1. The number of aromatic nitrogens is 2. The van der Waals surface area contributed by atoms with Crippen LogP contribution >= 0.6 is 23.1 Å². The molecule has 1 fully saturated rings. The maximum absolute atomic E-state index is 12.9. The molecule has 0 aromatic carbocycles. The van der Waals surface area contributed by atoms with Crippen molar-refractivity contribution in [3.63, 3.8) is 0 Å². The number of carbonyl (C=O) groups is 1. The molecule has 0 spiro atoms. The average molecular weight is 352 g/mol. The standard InChI is InChI=1S/C16H20N2O3S2/c1-2-21-13(19)10-23-16-17-12-8-9-22-14(12)15(20)18(16)11-6-4-3-5-7-11/h8-9,11H,2-7,10H2,1H3. The first-order valence-electron chi connectivity index (χ1n) is 7.99. The van der Waals surface area contributed by atoms with Gasteiger partial charge in [0.25, 0.3) is 5.56 Å². The molecule has 0 amide bonds. The van der Waals surface area contributed by atoms with Gasteiger partial charge < -0.3 is 4.74 Å². The van der Waals surface area contributed by atoms with Gasteiger partial charge in [-0.2, -0.15) is 0 Å². The average Bonchev–Trinajstić information content (AvgIpc) is 3.03. The van der Waals surface area contributed by atoms with E-state index in [1.165, 1.54) is 29.5 Å². The maximum atomic E-state index is 12.9. The Labute approximate surface area is 143 Å². The predicted octanol–water partition coefficient (Wildman–Crippen LogP) is 3.62. The highest BCUT2D eigenvalue weighted by molar-refractivity contribution is 7.99. The van der Waals surface area contributed by atoms with Crippen LogP contribution in [0.4, 0.5) is 0 Å². The lowest BCUT2D eigenvalue weighted by Gasteiger charge is -2.25. The minimum atomic E-state index is -0.271. The Balaban J connectivity index is 1.96. The molecule has 3 rings (SSSR count). The number of ether oxygens (including phenoxy) is 1. The van der Waals surface area contributed by atoms with Crippen LogP contribution in [0.25, 0.3) is 10.2 Å². The molecule has 0 N–H and O–H groups in total. The number of rotatable bonds is 5. The van der Waals surface area contributed by atoms with Crippen molar-refractivity contribution in [3.05, 3.63) is 21.8 Å². The molecule has 2 aromatic rings. The van der Waals surface area contributed by atoms with E-state index in [1.807, 2.05) is 16.0 Å². The van der Waals surface area contributed by atoms with E-state index >= 15 is 0 Å². The summed E-state index contributed by atoms with van der Waals surface area (Å²) >= 11 is 2.74. The third kappa shape index (κ3) is 3.61. The van der Waals surface area contributed by atoms with E-state index in [4.69, 9.17) is 4.74 Å². The number of nitrogens with zero attached hydrogens (tertiary/aromatic N) is 2. The van der Waals surface area contributed by atoms with Crippen LogP contribution in [-0.2, 0) is 9.53 Å². The Morgan fingerprint density at radius 1 is 1.43 bits per heavy atom. The molecule has 2 heterocycles. The van der Waals surface area contributed by atoms with E-state index in [1.54, 1.807) is 6.92 Å². The lowest BCUT2D eigenvalue weighted by Crippen LogP contribution is -2.28. The Morgan fingerprint density at radius 2 is 2.22 bits per heavy atom. The van der Waals surface area contributed by atoms with E-state index in [0.717, 1.165) is 31.2 Å². The van der Waals surface area contributed by atoms with Crippen molar-refractivity contribution in [2.75, 3.05) is 12.4 Å². The first-order chi connectivity index (χ1) is 11.2. The second-order valence-corrected chi connectivity index (χ2v) is 7.45. The van der Waals surface area contributed by atoms with Crippen LogP contribution in [0.2, 0.25) is 0 Å². The van der Waals surface area contributed by atoms with Crippen molar-refractivity contribution < 1.29 is 9.53 Å². The molecule has 2 aromatic heterocycles. The third-order valence-corrected chi connectivity index (χ3v) is 5.86.